The summed E-state index contributed by atoms with van der Waals surface area (Å²) < 4.78 is 1.66. The van der Waals surface area contributed by atoms with Crippen LogP contribution in [0.15, 0.2) is 11.4 Å². The maximum Gasteiger partial charge on any atom is 0.173 e. The lowest BCUT2D eigenvalue weighted by molar-refractivity contribution is 0.318. The maximum atomic E-state index is 8.35. The molecule has 0 fully saturated rings. The topological polar surface area (TPSA) is 76.4 Å². The molecule has 1 aromatic heterocycles. The van der Waals surface area contributed by atoms with E-state index in [0.717, 1.165) is 5.69 Å². The maximum absolute atomic E-state index is 8.35. The summed E-state index contributed by atoms with van der Waals surface area (Å²) in [5.41, 5.74) is 6.89. The highest BCUT2D eigenvalue weighted by atomic mass is 16.4. The normalized spacial score (nSPS) is 12.0. The second-order valence-corrected chi connectivity index (χ2v) is 2.25. The van der Waals surface area contributed by atoms with Crippen molar-refractivity contribution in [3.05, 3.63) is 17.5 Å². The molecule has 0 radical (unpaired) electrons. The molecule has 0 spiro atoms. The van der Waals surface area contributed by atoms with Gasteiger partial charge in [-0.15, -0.1) is 0 Å². The fraction of sp³-hybridized carbons (Fsp3) is 0.333. The number of nitrogens with zero attached hydrogens (tertiary/aromatic N) is 3. The molecule has 3 N–H and O–H groups in total. The average molecular weight is 154 g/mol. The molecule has 0 aliphatic heterocycles. The first-order chi connectivity index (χ1) is 5.16. The van der Waals surface area contributed by atoms with E-state index in [1.54, 1.807) is 17.9 Å². The third-order valence-electron chi connectivity index (χ3n) is 1.62. The van der Waals surface area contributed by atoms with Gasteiger partial charge in [0.15, 0.2) is 5.84 Å². The molecule has 0 aliphatic rings. The number of aryl methyl sites for hydroxylation is 1. The number of rotatable bonds is 1. The molecule has 0 atom stereocenters. The van der Waals surface area contributed by atoms with E-state index in [4.69, 9.17) is 10.9 Å². The molecule has 11 heavy (non-hydrogen) atoms. The number of oxime groups is 1. The Kier molecular flexibility index (Phi) is 1.80. The molecular weight excluding hydrogens is 144 g/mol. The van der Waals surface area contributed by atoms with Gasteiger partial charge in [-0.25, -0.2) is 0 Å². The fourth-order valence-electron chi connectivity index (χ4n) is 0.804. The van der Waals surface area contributed by atoms with E-state index in [1.807, 2.05) is 6.92 Å². The predicted molar refractivity (Wildman–Crippen MR) is 40.5 cm³/mol. The standard InChI is InChI=1S/C6H10N4O/c1-4-5(6(7)9-11)3-8-10(4)2/h3,11H,1-2H3,(H2,7,9). The molecule has 0 aliphatic carbocycles. The summed E-state index contributed by atoms with van der Waals surface area (Å²) in [7, 11) is 1.80. The minimum atomic E-state index is 0.0931. The van der Waals surface area contributed by atoms with Gasteiger partial charge in [0.2, 0.25) is 0 Å². The monoisotopic (exact) mass is 154 g/mol. The minimum Gasteiger partial charge on any atom is -0.409 e. The van der Waals surface area contributed by atoms with Crippen molar-refractivity contribution >= 4 is 5.84 Å². The van der Waals surface area contributed by atoms with Gasteiger partial charge in [0, 0.05) is 12.7 Å². The molecule has 1 aromatic rings. The summed E-state index contributed by atoms with van der Waals surface area (Å²) in [6.07, 6.45) is 1.56. The van der Waals surface area contributed by atoms with Gasteiger partial charge in [-0.1, -0.05) is 5.16 Å². The Morgan fingerprint density at radius 2 is 2.45 bits per heavy atom. The molecule has 60 valence electrons. The Bertz CT molecular complexity index is 289. The van der Waals surface area contributed by atoms with Crippen molar-refractivity contribution in [3.8, 4) is 0 Å². The van der Waals surface area contributed by atoms with Crippen LogP contribution in [0.3, 0.4) is 0 Å². The van der Waals surface area contributed by atoms with Gasteiger partial charge in [-0.05, 0) is 6.92 Å². The molecule has 5 nitrogen and oxygen atoms in total. The molecule has 0 amide bonds. The Morgan fingerprint density at radius 3 is 2.82 bits per heavy atom. The third kappa shape index (κ3) is 1.17. The highest BCUT2D eigenvalue weighted by molar-refractivity contribution is 5.97. The number of amidine groups is 1. The van der Waals surface area contributed by atoms with E-state index in [1.165, 1.54) is 0 Å². The zero-order chi connectivity index (χ0) is 8.43. The van der Waals surface area contributed by atoms with Crippen LogP contribution in [0.4, 0.5) is 0 Å². The van der Waals surface area contributed by atoms with Crippen LogP contribution in [-0.4, -0.2) is 20.8 Å². The van der Waals surface area contributed by atoms with E-state index in [0.29, 0.717) is 5.56 Å². The average Bonchev–Trinajstić information content (AvgIpc) is 2.32. The Morgan fingerprint density at radius 1 is 1.82 bits per heavy atom. The van der Waals surface area contributed by atoms with Crippen molar-refractivity contribution < 1.29 is 5.21 Å². The van der Waals surface area contributed by atoms with Crippen molar-refractivity contribution in [1.29, 1.82) is 0 Å². The zero-order valence-electron chi connectivity index (χ0n) is 6.44. The number of aromatic nitrogens is 2. The van der Waals surface area contributed by atoms with Crippen LogP contribution >= 0.6 is 0 Å². The van der Waals surface area contributed by atoms with Crippen molar-refractivity contribution in [2.75, 3.05) is 0 Å². The highest BCUT2D eigenvalue weighted by Crippen LogP contribution is 2.03. The van der Waals surface area contributed by atoms with E-state index in [9.17, 15) is 0 Å². The van der Waals surface area contributed by atoms with Gasteiger partial charge in [-0.3, -0.25) is 4.68 Å². The van der Waals surface area contributed by atoms with Crippen LogP contribution in [0.5, 0.6) is 0 Å². The van der Waals surface area contributed by atoms with Gasteiger partial charge in [0.1, 0.15) is 0 Å². The summed E-state index contributed by atoms with van der Waals surface area (Å²) in [5.74, 6) is 0.0931. The molecule has 0 saturated carbocycles. The predicted octanol–water partition coefficient (Wildman–Crippen LogP) is -0.177. The van der Waals surface area contributed by atoms with Crippen LogP contribution in [0.1, 0.15) is 11.3 Å². The molecule has 1 heterocycles. The third-order valence-corrected chi connectivity index (χ3v) is 1.62. The van der Waals surface area contributed by atoms with Gasteiger partial charge >= 0.3 is 0 Å². The van der Waals surface area contributed by atoms with Gasteiger partial charge in [0.05, 0.1) is 11.8 Å². The lowest BCUT2D eigenvalue weighted by Gasteiger charge is -1.96. The first-order valence-corrected chi connectivity index (χ1v) is 3.13. The lowest BCUT2D eigenvalue weighted by Crippen LogP contribution is -2.13. The molecule has 5 heteroatoms. The quantitative estimate of drug-likeness (QED) is 0.255. The molecule has 1 rings (SSSR count). The highest BCUT2D eigenvalue weighted by Gasteiger charge is 2.06. The Balaban J connectivity index is 3.15. The van der Waals surface area contributed by atoms with E-state index in [-0.39, 0.29) is 5.84 Å². The molecule has 0 bridgehead atoms. The summed E-state index contributed by atoms with van der Waals surface area (Å²) >= 11 is 0. The number of nitrogens with two attached hydrogens (primary N) is 1. The second-order valence-electron chi connectivity index (χ2n) is 2.25. The van der Waals surface area contributed by atoms with Crippen LogP contribution in [-0.2, 0) is 7.05 Å². The molecule has 0 saturated heterocycles. The lowest BCUT2D eigenvalue weighted by atomic mass is 10.2. The van der Waals surface area contributed by atoms with Crippen LogP contribution in [0, 0.1) is 6.92 Å². The molecular formula is C6H10N4O. The van der Waals surface area contributed by atoms with Crippen molar-refractivity contribution in [2.24, 2.45) is 17.9 Å². The first kappa shape index (κ1) is 7.59. The number of hydrogen-bond acceptors (Lipinski definition) is 3. The van der Waals surface area contributed by atoms with Crippen LogP contribution < -0.4 is 5.73 Å². The summed E-state index contributed by atoms with van der Waals surface area (Å²) in [5, 5.41) is 15.2. The molecule has 0 aromatic carbocycles. The van der Waals surface area contributed by atoms with Crippen LogP contribution in [0.2, 0.25) is 0 Å². The second kappa shape index (κ2) is 2.61. The van der Waals surface area contributed by atoms with Crippen molar-refractivity contribution in [3.63, 3.8) is 0 Å². The van der Waals surface area contributed by atoms with E-state index in [2.05, 4.69) is 10.3 Å². The Labute approximate surface area is 64.1 Å². The molecule has 0 unspecified atom stereocenters. The van der Waals surface area contributed by atoms with Gasteiger partial charge in [0.25, 0.3) is 0 Å². The van der Waals surface area contributed by atoms with E-state index < -0.39 is 0 Å². The fourth-order valence-corrected chi connectivity index (χ4v) is 0.804. The first-order valence-electron chi connectivity index (χ1n) is 3.13. The largest absolute Gasteiger partial charge is 0.409 e. The SMILES string of the molecule is Cc1c(C(N)=NO)cnn1C. The van der Waals surface area contributed by atoms with E-state index >= 15 is 0 Å². The summed E-state index contributed by atoms with van der Waals surface area (Å²) in [4.78, 5) is 0. The number of hydrogen-bond donors (Lipinski definition) is 2. The van der Waals surface area contributed by atoms with Gasteiger partial charge in [-0.2, -0.15) is 5.10 Å². The zero-order valence-corrected chi connectivity index (χ0v) is 6.44. The van der Waals surface area contributed by atoms with Crippen molar-refractivity contribution in [2.45, 2.75) is 6.92 Å². The smallest absolute Gasteiger partial charge is 0.173 e. The summed E-state index contributed by atoms with van der Waals surface area (Å²) in [6.45, 7) is 1.85. The summed E-state index contributed by atoms with van der Waals surface area (Å²) in [6, 6.07) is 0. The van der Waals surface area contributed by atoms with Crippen LogP contribution in [0.25, 0.3) is 0 Å². The van der Waals surface area contributed by atoms with Crippen molar-refractivity contribution in [1.82, 2.24) is 9.78 Å². The van der Waals surface area contributed by atoms with Gasteiger partial charge < -0.3 is 10.9 Å². The Hall–Kier alpha value is -1.52. The minimum absolute atomic E-state index is 0.0931.